The normalized spacial score (nSPS) is 39.4. The number of aliphatic hydroxyl groups is 1. The summed E-state index contributed by atoms with van der Waals surface area (Å²) in [6.45, 7) is 1.98. The minimum Gasteiger partial charge on any atom is -0.459 e. The second-order valence-electron chi connectivity index (χ2n) is 6.36. The Bertz CT molecular complexity index is 611. The molecule has 0 radical (unpaired) electrons. The highest BCUT2D eigenvalue weighted by atomic mass is 16.6. The lowest BCUT2D eigenvalue weighted by Crippen LogP contribution is -2.42. The Morgan fingerprint density at radius 1 is 1.29 bits per heavy atom. The zero-order valence-corrected chi connectivity index (χ0v) is 11.7. The van der Waals surface area contributed by atoms with Crippen LogP contribution in [-0.2, 0) is 14.3 Å². The van der Waals surface area contributed by atoms with E-state index in [-0.39, 0.29) is 29.6 Å². The van der Waals surface area contributed by atoms with E-state index in [2.05, 4.69) is 5.32 Å². The number of aryl methyl sites for hydroxylation is 1. The van der Waals surface area contributed by atoms with Crippen LogP contribution in [-0.4, -0.2) is 29.2 Å². The van der Waals surface area contributed by atoms with Gasteiger partial charge in [-0.25, -0.2) is 0 Å². The van der Waals surface area contributed by atoms with Gasteiger partial charge in [0.2, 0.25) is 5.91 Å². The third-order valence-electron chi connectivity index (χ3n) is 5.20. The van der Waals surface area contributed by atoms with Gasteiger partial charge >= 0.3 is 5.97 Å². The summed E-state index contributed by atoms with van der Waals surface area (Å²) in [5, 5.41) is 13.1. The molecule has 2 aliphatic carbocycles. The zero-order valence-electron chi connectivity index (χ0n) is 11.7. The smallest absolute Gasteiger partial charge is 0.310 e. The average Bonchev–Trinajstić information content (AvgIpc) is 3.05. The molecule has 6 atom stereocenters. The number of nitrogens with one attached hydrogen (secondary N) is 1. The fourth-order valence-corrected chi connectivity index (χ4v) is 4.24. The van der Waals surface area contributed by atoms with Crippen LogP contribution in [0.15, 0.2) is 24.3 Å². The molecule has 21 heavy (non-hydrogen) atoms. The van der Waals surface area contributed by atoms with E-state index < -0.39 is 18.1 Å². The van der Waals surface area contributed by atoms with E-state index in [4.69, 9.17) is 4.74 Å². The minimum atomic E-state index is -0.702. The van der Waals surface area contributed by atoms with Crippen molar-refractivity contribution in [3.63, 3.8) is 0 Å². The number of esters is 1. The molecule has 3 aliphatic rings. The maximum atomic E-state index is 12.5. The van der Waals surface area contributed by atoms with Gasteiger partial charge in [-0.15, -0.1) is 0 Å². The summed E-state index contributed by atoms with van der Waals surface area (Å²) < 4.78 is 5.23. The molecule has 0 spiro atoms. The number of anilines is 1. The first-order valence-corrected chi connectivity index (χ1v) is 7.32. The van der Waals surface area contributed by atoms with E-state index in [9.17, 15) is 14.7 Å². The molecule has 1 aromatic rings. The molecule has 1 amide bonds. The first-order chi connectivity index (χ1) is 10.1. The summed E-state index contributed by atoms with van der Waals surface area (Å²) in [4.78, 5) is 24.5. The van der Waals surface area contributed by atoms with Crippen molar-refractivity contribution in [2.24, 2.45) is 23.7 Å². The molecule has 2 saturated carbocycles. The average molecular weight is 287 g/mol. The number of carbonyl (C=O) groups is 2. The van der Waals surface area contributed by atoms with E-state index in [1.54, 1.807) is 0 Å². The minimum absolute atomic E-state index is 0.00580. The van der Waals surface area contributed by atoms with Gasteiger partial charge < -0.3 is 15.2 Å². The second kappa shape index (κ2) is 4.31. The molecular formula is C16H17NO4. The Morgan fingerprint density at radius 2 is 2.00 bits per heavy atom. The monoisotopic (exact) mass is 287 g/mol. The first-order valence-electron chi connectivity index (χ1n) is 7.32. The van der Waals surface area contributed by atoms with Crippen LogP contribution in [0.3, 0.4) is 0 Å². The van der Waals surface area contributed by atoms with Gasteiger partial charge in [0, 0.05) is 17.5 Å². The molecule has 1 heterocycles. The molecule has 1 aliphatic heterocycles. The summed E-state index contributed by atoms with van der Waals surface area (Å²) in [6.07, 6.45) is -0.392. The van der Waals surface area contributed by atoms with Crippen molar-refractivity contribution in [2.45, 2.75) is 25.6 Å². The van der Waals surface area contributed by atoms with Crippen molar-refractivity contribution >= 4 is 17.6 Å². The number of ether oxygens (including phenoxy) is 1. The summed E-state index contributed by atoms with van der Waals surface area (Å²) in [6, 6.07) is 7.52. The second-order valence-corrected chi connectivity index (χ2v) is 6.36. The molecular weight excluding hydrogens is 270 g/mol. The molecule has 5 nitrogen and oxygen atoms in total. The third-order valence-corrected chi connectivity index (χ3v) is 5.20. The van der Waals surface area contributed by atoms with Crippen molar-refractivity contribution in [1.82, 2.24) is 0 Å². The Hall–Kier alpha value is -1.88. The maximum absolute atomic E-state index is 12.5. The van der Waals surface area contributed by atoms with Crippen molar-refractivity contribution in [3.05, 3.63) is 29.8 Å². The molecule has 110 valence electrons. The van der Waals surface area contributed by atoms with Crippen LogP contribution >= 0.6 is 0 Å². The van der Waals surface area contributed by atoms with E-state index in [1.165, 1.54) is 0 Å². The molecule has 4 rings (SSSR count). The number of fused-ring (bicyclic) bond motifs is 1. The van der Waals surface area contributed by atoms with Gasteiger partial charge in [-0.3, -0.25) is 9.59 Å². The molecule has 2 N–H and O–H groups in total. The van der Waals surface area contributed by atoms with E-state index in [0.29, 0.717) is 12.1 Å². The zero-order chi connectivity index (χ0) is 14.7. The first kappa shape index (κ1) is 12.8. The molecule has 5 heteroatoms. The van der Waals surface area contributed by atoms with Crippen LogP contribution in [0.2, 0.25) is 0 Å². The lowest BCUT2D eigenvalue weighted by molar-refractivity contribution is -0.146. The number of benzene rings is 1. The Morgan fingerprint density at radius 3 is 2.71 bits per heavy atom. The van der Waals surface area contributed by atoms with E-state index in [1.807, 2.05) is 31.2 Å². The Labute approximate surface area is 122 Å². The van der Waals surface area contributed by atoms with Crippen LogP contribution in [0.5, 0.6) is 0 Å². The SMILES string of the molecule is Cc1ccc(NC(=O)[C@@H]2[C@H]3C[C@H]4[C@H](OC(=O)[C@H]42)[C@@H]3O)cc1. The summed E-state index contributed by atoms with van der Waals surface area (Å²) in [5.74, 6) is -1.53. The maximum Gasteiger partial charge on any atom is 0.310 e. The highest BCUT2D eigenvalue weighted by molar-refractivity contribution is 5.97. The van der Waals surface area contributed by atoms with Crippen molar-refractivity contribution < 1.29 is 19.4 Å². The topological polar surface area (TPSA) is 75.6 Å². The number of carbonyl (C=O) groups excluding carboxylic acids is 2. The summed E-state index contributed by atoms with van der Waals surface area (Å²) >= 11 is 0. The predicted molar refractivity (Wildman–Crippen MR) is 74.3 cm³/mol. The fraction of sp³-hybridized carbons (Fsp3) is 0.500. The van der Waals surface area contributed by atoms with Crippen molar-refractivity contribution in [2.75, 3.05) is 5.32 Å². The van der Waals surface area contributed by atoms with Gasteiger partial charge in [0.25, 0.3) is 0 Å². The van der Waals surface area contributed by atoms with Crippen LogP contribution < -0.4 is 5.32 Å². The lowest BCUT2D eigenvalue weighted by atomic mass is 9.78. The highest BCUT2D eigenvalue weighted by Gasteiger charge is 2.68. The number of rotatable bonds is 2. The van der Waals surface area contributed by atoms with Crippen LogP contribution in [0.25, 0.3) is 0 Å². The molecule has 2 bridgehead atoms. The van der Waals surface area contributed by atoms with Crippen LogP contribution in [0, 0.1) is 30.6 Å². The number of amides is 1. The highest BCUT2D eigenvalue weighted by Crippen LogP contribution is 2.57. The quantitative estimate of drug-likeness (QED) is 0.799. The van der Waals surface area contributed by atoms with Crippen LogP contribution in [0.4, 0.5) is 5.69 Å². The molecule has 1 aromatic carbocycles. The largest absolute Gasteiger partial charge is 0.459 e. The van der Waals surface area contributed by atoms with Gasteiger partial charge in [0.15, 0.2) is 0 Å². The van der Waals surface area contributed by atoms with Crippen molar-refractivity contribution in [1.29, 1.82) is 0 Å². The summed E-state index contributed by atoms with van der Waals surface area (Å²) in [7, 11) is 0. The molecule has 1 saturated heterocycles. The van der Waals surface area contributed by atoms with Gasteiger partial charge in [-0.2, -0.15) is 0 Å². The fourth-order valence-electron chi connectivity index (χ4n) is 4.24. The van der Waals surface area contributed by atoms with E-state index in [0.717, 1.165) is 5.56 Å². The Balaban J connectivity index is 1.57. The molecule has 0 unspecified atom stereocenters. The van der Waals surface area contributed by atoms with Gasteiger partial charge in [0.05, 0.1) is 17.9 Å². The van der Waals surface area contributed by atoms with Crippen LogP contribution in [0.1, 0.15) is 12.0 Å². The summed E-state index contributed by atoms with van der Waals surface area (Å²) in [5.41, 5.74) is 1.83. The lowest BCUT2D eigenvalue weighted by Gasteiger charge is -2.27. The van der Waals surface area contributed by atoms with Crippen molar-refractivity contribution in [3.8, 4) is 0 Å². The number of hydrogen-bond acceptors (Lipinski definition) is 4. The van der Waals surface area contributed by atoms with Gasteiger partial charge in [-0.1, -0.05) is 17.7 Å². The molecule has 3 fully saturated rings. The van der Waals surface area contributed by atoms with Gasteiger partial charge in [-0.05, 0) is 25.5 Å². The van der Waals surface area contributed by atoms with Gasteiger partial charge in [0.1, 0.15) is 6.10 Å². The Kier molecular flexibility index (Phi) is 2.63. The van der Waals surface area contributed by atoms with E-state index >= 15 is 0 Å². The predicted octanol–water partition coefficient (Wildman–Crippen LogP) is 1.10. The third kappa shape index (κ3) is 1.73. The standard InChI is InChI=1S/C16H17NO4/c1-7-2-4-8(5-3-7)17-15(19)11-9-6-10-12(11)16(20)21-14(10)13(9)18/h2-5,9-14,18H,6H2,1H3,(H,17,19)/t9-,10-,11-,12-,13-,14+/m1/s1. The molecule has 0 aromatic heterocycles. The number of aliphatic hydroxyl groups excluding tert-OH is 1. The number of hydrogen-bond donors (Lipinski definition) is 2.